The maximum absolute atomic E-state index is 13.5. The molecule has 2 aliphatic rings. The summed E-state index contributed by atoms with van der Waals surface area (Å²) >= 11 is 1.63. The fourth-order valence-electron chi connectivity index (χ4n) is 2.86. The molecular weight excluding hydrogens is 283 g/mol. The average molecular weight is 308 g/mol. The molecule has 1 aromatic carbocycles. The maximum Gasteiger partial charge on any atom is 0.136 e. The smallest absolute Gasteiger partial charge is 0.136 e. The van der Waals surface area contributed by atoms with Crippen molar-refractivity contribution in [1.29, 1.82) is 0 Å². The monoisotopic (exact) mass is 308 g/mol. The van der Waals surface area contributed by atoms with Crippen LogP contribution in [0.2, 0.25) is 0 Å². The van der Waals surface area contributed by atoms with Gasteiger partial charge in [-0.25, -0.2) is 4.39 Å². The largest absolute Gasteiger partial charge is 0.314 e. The Labute approximate surface area is 131 Å². The second-order valence-corrected chi connectivity index (χ2v) is 7.38. The molecule has 0 spiro atoms. The van der Waals surface area contributed by atoms with Crippen molar-refractivity contribution in [2.24, 2.45) is 5.92 Å². The van der Waals surface area contributed by atoms with Crippen molar-refractivity contribution < 1.29 is 4.39 Å². The minimum Gasteiger partial charge on any atom is -0.314 e. The molecule has 0 bridgehead atoms. The second-order valence-electron chi connectivity index (χ2n) is 6.25. The molecule has 0 amide bonds. The van der Waals surface area contributed by atoms with E-state index in [1.54, 1.807) is 23.9 Å². The predicted molar refractivity (Wildman–Crippen MR) is 87.3 cm³/mol. The summed E-state index contributed by atoms with van der Waals surface area (Å²) in [5.41, 5.74) is 0. The molecule has 1 aromatic rings. The lowest BCUT2D eigenvalue weighted by Crippen LogP contribution is -2.43. The van der Waals surface area contributed by atoms with Gasteiger partial charge in [0.1, 0.15) is 5.82 Å². The second kappa shape index (κ2) is 7.61. The van der Waals surface area contributed by atoms with Crippen LogP contribution in [0.4, 0.5) is 4.39 Å². The van der Waals surface area contributed by atoms with Gasteiger partial charge in [0.05, 0.1) is 0 Å². The normalized spacial score (nSPS) is 20.8. The van der Waals surface area contributed by atoms with Crippen LogP contribution in [-0.2, 0) is 0 Å². The quantitative estimate of drug-likeness (QED) is 0.777. The first-order valence-electron chi connectivity index (χ1n) is 8.14. The van der Waals surface area contributed by atoms with Crippen LogP contribution in [-0.4, -0.2) is 42.9 Å². The van der Waals surface area contributed by atoms with Crippen LogP contribution < -0.4 is 5.32 Å². The molecule has 0 atom stereocenters. The van der Waals surface area contributed by atoms with Crippen LogP contribution in [0.3, 0.4) is 0 Å². The van der Waals surface area contributed by atoms with Crippen molar-refractivity contribution in [2.75, 3.05) is 31.9 Å². The van der Waals surface area contributed by atoms with Crippen molar-refractivity contribution in [2.45, 2.75) is 36.6 Å². The van der Waals surface area contributed by atoms with Gasteiger partial charge in [-0.2, -0.15) is 0 Å². The van der Waals surface area contributed by atoms with Crippen molar-refractivity contribution in [1.82, 2.24) is 10.2 Å². The average Bonchev–Trinajstić information content (AvgIpc) is 3.33. The van der Waals surface area contributed by atoms with Crippen LogP contribution in [0.25, 0.3) is 0 Å². The van der Waals surface area contributed by atoms with E-state index in [0.717, 1.165) is 29.2 Å². The van der Waals surface area contributed by atoms with E-state index in [0.29, 0.717) is 0 Å². The fraction of sp³-hybridized carbons (Fsp3) is 0.647. The highest BCUT2D eigenvalue weighted by atomic mass is 32.2. The third-order valence-electron chi connectivity index (χ3n) is 4.48. The third-order valence-corrected chi connectivity index (χ3v) is 5.51. The van der Waals surface area contributed by atoms with Gasteiger partial charge in [0.2, 0.25) is 0 Å². The molecule has 3 rings (SSSR count). The zero-order chi connectivity index (χ0) is 14.5. The van der Waals surface area contributed by atoms with Gasteiger partial charge < -0.3 is 10.2 Å². The minimum atomic E-state index is -0.0921. The zero-order valence-electron chi connectivity index (χ0n) is 12.6. The van der Waals surface area contributed by atoms with Crippen molar-refractivity contribution in [3.63, 3.8) is 0 Å². The Bertz CT molecular complexity index is 442. The van der Waals surface area contributed by atoms with Crippen LogP contribution in [0, 0.1) is 11.7 Å². The maximum atomic E-state index is 13.5. The topological polar surface area (TPSA) is 15.3 Å². The third kappa shape index (κ3) is 4.97. The summed E-state index contributed by atoms with van der Waals surface area (Å²) in [4.78, 5) is 3.29. The fourth-order valence-corrected chi connectivity index (χ4v) is 3.81. The summed E-state index contributed by atoms with van der Waals surface area (Å²) < 4.78 is 13.5. The lowest BCUT2D eigenvalue weighted by Gasteiger charge is -2.32. The summed E-state index contributed by atoms with van der Waals surface area (Å²) in [6.45, 7) is 4.66. The Hall–Kier alpha value is -0.580. The van der Waals surface area contributed by atoms with Gasteiger partial charge in [-0.3, -0.25) is 0 Å². The van der Waals surface area contributed by atoms with E-state index in [9.17, 15) is 4.39 Å². The molecule has 4 heteroatoms. The molecular formula is C17H25FN2S. The molecule has 1 aliphatic heterocycles. The minimum absolute atomic E-state index is 0.0921. The van der Waals surface area contributed by atoms with Crippen molar-refractivity contribution in [3.05, 3.63) is 30.1 Å². The summed E-state index contributed by atoms with van der Waals surface area (Å²) in [5, 5.41) is 3.71. The van der Waals surface area contributed by atoms with E-state index < -0.39 is 0 Å². The number of nitrogens with one attached hydrogen (secondary N) is 1. The predicted octanol–water partition coefficient (Wildman–Crippen LogP) is 3.38. The molecule has 21 heavy (non-hydrogen) atoms. The zero-order valence-corrected chi connectivity index (χ0v) is 13.4. The summed E-state index contributed by atoms with van der Waals surface area (Å²) in [5.74, 6) is 1.85. The highest BCUT2D eigenvalue weighted by Crippen LogP contribution is 2.28. The molecule has 116 valence electrons. The Morgan fingerprint density at radius 1 is 1.14 bits per heavy atom. The van der Waals surface area contributed by atoms with Crippen LogP contribution >= 0.6 is 11.8 Å². The number of likely N-dealkylation sites (tertiary alicyclic amines) is 1. The number of hydrogen-bond donors (Lipinski definition) is 1. The summed E-state index contributed by atoms with van der Waals surface area (Å²) in [6, 6.07) is 7.79. The van der Waals surface area contributed by atoms with Gasteiger partial charge in [0, 0.05) is 23.2 Å². The lowest BCUT2D eigenvalue weighted by molar-refractivity contribution is 0.207. The summed E-state index contributed by atoms with van der Waals surface area (Å²) in [7, 11) is 0. The Balaban J connectivity index is 1.31. The number of thioether (sulfide) groups is 1. The molecule has 0 radical (unpaired) electrons. The molecule has 1 aliphatic carbocycles. The molecule has 2 nitrogen and oxygen atoms in total. The van der Waals surface area contributed by atoms with Gasteiger partial charge in [-0.05, 0) is 63.4 Å². The van der Waals surface area contributed by atoms with Crippen LogP contribution in [0.15, 0.2) is 29.2 Å². The Morgan fingerprint density at radius 2 is 1.90 bits per heavy atom. The van der Waals surface area contributed by atoms with Crippen LogP contribution in [0.1, 0.15) is 25.7 Å². The Kier molecular flexibility index (Phi) is 5.55. The SMILES string of the molecule is Fc1ccccc1SCCN1CCC(NCC2CC2)CC1. The number of benzene rings is 1. The molecule has 1 N–H and O–H groups in total. The van der Waals surface area contributed by atoms with Crippen molar-refractivity contribution in [3.8, 4) is 0 Å². The van der Waals surface area contributed by atoms with Crippen LogP contribution in [0.5, 0.6) is 0 Å². The van der Waals surface area contributed by atoms with Crippen molar-refractivity contribution >= 4 is 11.8 Å². The first-order valence-corrected chi connectivity index (χ1v) is 9.13. The Morgan fingerprint density at radius 3 is 2.62 bits per heavy atom. The van der Waals surface area contributed by atoms with E-state index in [4.69, 9.17) is 0 Å². The van der Waals surface area contributed by atoms with Gasteiger partial charge in [0.15, 0.2) is 0 Å². The standard InChI is InChI=1S/C17H25FN2S/c18-16-3-1-2-4-17(16)21-12-11-20-9-7-15(8-10-20)19-13-14-5-6-14/h1-4,14-15,19H,5-13H2. The van der Waals surface area contributed by atoms with Gasteiger partial charge in [-0.15, -0.1) is 11.8 Å². The number of piperidine rings is 1. The van der Waals surface area contributed by atoms with Gasteiger partial charge >= 0.3 is 0 Å². The molecule has 0 unspecified atom stereocenters. The number of hydrogen-bond acceptors (Lipinski definition) is 3. The summed E-state index contributed by atoms with van der Waals surface area (Å²) in [6.07, 6.45) is 5.38. The molecule has 2 fully saturated rings. The molecule has 0 aromatic heterocycles. The molecule has 1 saturated heterocycles. The van der Waals surface area contributed by atoms with Gasteiger partial charge in [0.25, 0.3) is 0 Å². The number of rotatable bonds is 7. The number of halogens is 1. The molecule has 1 heterocycles. The number of nitrogens with zero attached hydrogens (tertiary/aromatic N) is 1. The first-order chi connectivity index (χ1) is 10.3. The first kappa shape index (κ1) is 15.3. The lowest BCUT2D eigenvalue weighted by atomic mass is 10.1. The van der Waals surface area contributed by atoms with Gasteiger partial charge in [-0.1, -0.05) is 12.1 Å². The van der Waals surface area contributed by atoms with E-state index in [1.807, 2.05) is 12.1 Å². The highest BCUT2D eigenvalue weighted by Gasteiger charge is 2.24. The highest BCUT2D eigenvalue weighted by molar-refractivity contribution is 7.99. The van der Waals surface area contributed by atoms with E-state index >= 15 is 0 Å². The van der Waals surface area contributed by atoms with E-state index in [-0.39, 0.29) is 5.82 Å². The van der Waals surface area contributed by atoms with E-state index in [1.165, 1.54) is 45.3 Å². The van der Waals surface area contributed by atoms with E-state index in [2.05, 4.69) is 10.2 Å². The molecule has 1 saturated carbocycles.